The monoisotopic (exact) mass is 374 g/mol. The van der Waals surface area contributed by atoms with Gasteiger partial charge in [-0.05, 0) is 61.7 Å². The number of carbonyl (C=O) groups is 2. The number of benzene rings is 2. The van der Waals surface area contributed by atoms with Gasteiger partial charge in [-0.1, -0.05) is 12.1 Å². The summed E-state index contributed by atoms with van der Waals surface area (Å²) in [6.07, 6.45) is 0.549. The van der Waals surface area contributed by atoms with Crippen LogP contribution in [-0.4, -0.2) is 39.2 Å². The fraction of sp³-hybridized carbons (Fsp3) is 0.300. The van der Waals surface area contributed by atoms with E-state index >= 15 is 0 Å². The van der Waals surface area contributed by atoms with Crippen LogP contribution in [0.3, 0.4) is 0 Å². The van der Waals surface area contributed by atoms with Gasteiger partial charge in [-0.15, -0.1) is 0 Å². The van der Waals surface area contributed by atoms with Crippen LogP contribution in [0.15, 0.2) is 42.5 Å². The Morgan fingerprint density at radius 2 is 1.65 bits per heavy atom. The smallest absolute Gasteiger partial charge is 0.335 e. The van der Waals surface area contributed by atoms with Crippen molar-refractivity contribution in [3.8, 4) is 5.75 Å². The predicted molar refractivity (Wildman–Crippen MR) is 102 cm³/mol. The number of hydrogen-bond donors (Lipinski definition) is 1. The summed E-state index contributed by atoms with van der Waals surface area (Å²) in [6, 6.07) is 11.6. The van der Waals surface area contributed by atoms with Crippen LogP contribution in [0, 0.1) is 13.8 Å². The zero-order chi connectivity index (χ0) is 19.1. The molecule has 0 aliphatic carbocycles. The first-order valence-electron chi connectivity index (χ1n) is 8.28. The fourth-order valence-corrected chi connectivity index (χ4v) is 3.36. The van der Waals surface area contributed by atoms with Crippen molar-refractivity contribution >= 4 is 22.6 Å². The Bertz CT molecular complexity index is 811. The predicted octanol–water partition coefficient (Wildman–Crippen LogP) is 3.40. The number of carboxylic acid groups (broad SMARTS) is 1. The van der Waals surface area contributed by atoms with Crippen molar-refractivity contribution in [2.45, 2.75) is 20.3 Å². The molecule has 0 saturated heterocycles. The summed E-state index contributed by atoms with van der Waals surface area (Å²) in [4.78, 5) is 23.0. The molecule has 26 heavy (non-hydrogen) atoms. The Hall–Kier alpha value is -2.47. The van der Waals surface area contributed by atoms with Gasteiger partial charge in [0.1, 0.15) is 5.75 Å². The number of ether oxygens (including phenoxy) is 1. The summed E-state index contributed by atoms with van der Waals surface area (Å²) in [5.41, 5.74) is 2.96. The molecule has 0 heterocycles. The van der Waals surface area contributed by atoms with E-state index in [9.17, 15) is 13.8 Å². The molecule has 0 aliphatic heterocycles. The number of rotatable bonds is 9. The lowest BCUT2D eigenvalue weighted by Gasteiger charge is -2.07. The van der Waals surface area contributed by atoms with Crippen LogP contribution in [0.1, 0.15) is 38.3 Å². The first kappa shape index (κ1) is 19.8. The van der Waals surface area contributed by atoms with E-state index in [2.05, 4.69) is 0 Å². The Balaban J connectivity index is 1.73. The third-order valence-corrected chi connectivity index (χ3v) is 5.34. The van der Waals surface area contributed by atoms with E-state index in [-0.39, 0.29) is 17.1 Å². The van der Waals surface area contributed by atoms with Gasteiger partial charge < -0.3 is 9.84 Å². The van der Waals surface area contributed by atoms with Crippen molar-refractivity contribution in [2.24, 2.45) is 0 Å². The van der Waals surface area contributed by atoms with E-state index in [1.165, 1.54) is 12.1 Å². The highest BCUT2D eigenvalue weighted by Crippen LogP contribution is 2.13. The highest BCUT2D eigenvalue weighted by atomic mass is 32.2. The molecule has 2 aromatic rings. The van der Waals surface area contributed by atoms with Crippen molar-refractivity contribution in [3.05, 3.63) is 64.7 Å². The van der Waals surface area contributed by atoms with Gasteiger partial charge in [0.15, 0.2) is 5.78 Å². The van der Waals surface area contributed by atoms with Gasteiger partial charge in [0.05, 0.1) is 17.9 Å². The molecule has 1 unspecified atom stereocenters. The van der Waals surface area contributed by atoms with E-state index in [1.54, 1.807) is 18.2 Å². The minimum atomic E-state index is -1.24. The van der Waals surface area contributed by atoms with E-state index < -0.39 is 16.8 Å². The van der Waals surface area contributed by atoms with Gasteiger partial charge in [-0.3, -0.25) is 9.00 Å². The molecule has 5 nitrogen and oxygen atoms in total. The summed E-state index contributed by atoms with van der Waals surface area (Å²) in [6.45, 7) is 4.29. The molecule has 0 amide bonds. The molecule has 0 aromatic heterocycles. The molecule has 0 saturated carbocycles. The molecule has 2 rings (SSSR count). The number of ketones is 1. The van der Waals surface area contributed by atoms with Gasteiger partial charge in [0.25, 0.3) is 0 Å². The Morgan fingerprint density at radius 1 is 1.00 bits per heavy atom. The second-order valence-corrected chi connectivity index (χ2v) is 7.62. The normalized spacial score (nSPS) is 11.8. The minimum Gasteiger partial charge on any atom is -0.494 e. The minimum absolute atomic E-state index is 0.00973. The van der Waals surface area contributed by atoms with Crippen LogP contribution < -0.4 is 4.74 Å². The van der Waals surface area contributed by atoms with Gasteiger partial charge in [-0.25, -0.2) is 4.79 Å². The molecule has 1 atom stereocenters. The summed E-state index contributed by atoms with van der Waals surface area (Å²) >= 11 is 0. The van der Waals surface area contributed by atoms with Crippen LogP contribution in [0.4, 0.5) is 0 Å². The fourth-order valence-electron chi connectivity index (χ4n) is 2.32. The molecule has 0 aliphatic rings. The number of hydrogen-bond acceptors (Lipinski definition) is 4. The van der Waals surface area contributed by atoms with Crippen molar-refractivity contribution in [1.82, 2.24) is 0 Å². The molecular weight excluding hydrogens is 352 g/mol. The molecule has 0 radical (unpaired) electrons. The second-order valence-electron chi connectivity index (χ2n) is 6.04. The van der Waals surface area contributed by atoms with Gasteiger partial charge in [-0.2, -0.15) is 0 Å². The molecule has 138 valence electrons. The average molecular weight is 374 g/mol. The number of Topliss-reactive ketones (excluding diaryl/α,β-unsaturated/α-hetero) is 1. The van der Waals surface area contributed by atoms with Gasteiger partial charge >= 0.3 is 5.97 Å². The van der Waals surface area contributed by atoms with E-state index in [0.717, 1.165) is 11.1 Å². The SMILES string of the molecule is Cc1ccc(C(=O)CS(=O)CCCOc2ccc(C(=O)O)cc2)cc1C. The standard InChI is InChI=1S/C20H22O5S/c1-14-4-5-17(12-15(14)2)19(21)13-26(24)11-3-10-25-18-8-6-16(7-9-18)20(22)23/h4-9,12H,3,10-11,13H2,1-2H3,(H,22,23). The lowest BCUT2D eigenvalue weighted by atomic mass is 10.0. The van der Waals surface area contributed by atoms with Crippen LogP contribution in [-0.2, 0) is 10.8 Å². The summed E-state index contributed by atoms with van der Waals surface area (Å²) in [7, 11) is -1.24. The highest BCUT2D eigenvalue weighted by Gasteiger charge is 2.11. The third kappa shape index (κ3) is 5.81. The lowest BCUT2D eigenvalue weighted by molar-refractivity contribution is 0.0696. The molecule has 0 bridgehead atoms. The maximum absolute atomic E-state index is 12.2. The van der Waals surface area contributed by atoms with Crippen LogP contribution >= 0.6 is 0 Å². The highest BCUT2D eigenvalue weighted by molar-refractivity contribution is 7.85. The van der Waals surface area contributed by atoms with Gasteiger partial charge in [0.2, 0.25) is 0 Å². The summed E-state index contributed by atoms with van der Waals surface area (Å²) in [5.74, 6) is -0.149. The quantitative estimate of drug-likeness (QED) is 0.537. The molecule has 0 fully saturated rings. The van der Waals surface area contributed by atoms with Crippen molar-refractivity contribution < 1.29 is 23.6 Å². The lowest BCUT2D eigenvalue weighted by Crippen LogP contribution is -2.15. The Kier molecular flexibility index (Phi) is 7.09. The number of carbonyl (C=O) groups excluding carboxylic acids is 1. The number of aryl methyl sites for hydroxylation is 2. The Morgan fingerprint density at radius 3 is 2.27 bits per heavy atom. The van der Waals surface area contributed by atoms with Gasteiger partial charge in [0, 0.05) is 22.1 Å². The molecule has 6 heteroatoms. The molecule has 2 aromatic carbocycles. The summed E-state index contributed by atoms with van der Waals surface area (Å²) < 4.78 is 17.6. The first-order chi connectivity index (χ1) is 12.4. The summed E-state index contributed by atoms with van der Waals surface area (Å²) in [5, 5.41) is 8.83. The molecule has 1 N–H and O–H groups in total. The topological polar surface area (TPSA) is 80.7 Å². The average Bonchev–Trinajstić information content (AvgIpc) is 2.61. The number of carboxylic acids is 1. The molecule has 0 spiro atoms. The maximum atomic E-state index is 12.2. The van der Waals surface area contributed by atoms with E-state index in [1.807, 2.05) is 26.0 Å². The first-order valence-corrected chi connectivity index (χ1v) is 9.77. The van der Waals surface area contributed by atoms with Crippen LogP contribution in [0.5, 0.6) is 5.75 Å². The van der Waals surface area contributed by atoms with Crippen LogP contribution in [0.25, 0.3) is 0 Å². The van der Waals surface area contributed by atoms with Crippen molar-refractivity contribution in [2.75, 3.05) is 18.1 Å². The maximum Gasteiger partial charge on any atom is 0.335 e. The zero-order valence-electron chi connectivity index (χ0n) is 14.9. The zero-order valence-corrected chi connectivity index (χ0v) is 15.7. The van der Waals surface area contributed by atoms with Crippen molar-refractivity contribution in [3.63, 3.8) is 0 Å². The third-order valence-electron chi connectivity index (χ3n) is 4.01. The van der Waals surface area contributed by atoms with Crippen LogP contribution in [0.2, 0.25) is 0 Å². The van der Waals surface area contributed by atoms with Crippen molar-refractivity contribution in [1.29, 1.82) is 0 Å². The van der Waals surface area contributed by atoms with E-state index in [0.29, 0.717) is 30.1 Å². The number of aromatic carboxylic acids is 1. The Labute approximate surface area is 155 Å². The largest absolute Gasteiger partial charge is 0.494 e. The van der Waals surface area contributed by atoms with E-state index in [4.69, 9.17) is 9.84 Å². The second kappa shape index (κ2) is 9.29. The molecular formula is C20H22O5S.